The lowest BCUT2D eigenvalue weighted by Gasteiger charge is -2.34. The summed E-state index contributed by atoms with van der Waals surface area (Å²) >= 11 is 0. The highest BCUT2D eigenvalue weighted by Crippen LogP contribution is 2.29. The summed E-state index contributed by atoms with van der Waals surface area (Å²) in [6, 6.07) is 8.45. The molecule has 2 rings (SSSR count). The highest BCUT2D eigenvalue weighted by atomic mass is 32.2. The Labute approximate surface area is 117 Å². The molecule has 1 aromatic rings. The predicted octanol–water partition coefficient (Wildman–Crippen LogP) is 1.00. The van der Waals surface area contributed by atoms with Crippen LogP contribution in [-0.2, 0) is 14.6 Å². The molecule has 0 saturated carbocycles. The standard InChI is InChI=1S/C13H14N2O4S/c14-9-10-2-1-3-11(8-10)15-13(12(16)17)4-6-20(18,19)7-5-13/h1-3,8,15H,4-7H2,(H,16,17). The van der Waals surface area contributed by atoms with Crippen molar-refractivity contribution in [3.05, 3.63) is 29.8 Å². The van der Waals surface area contributed by atoms with Crippen molar-refractivity contribution < 1.29 is 18.3 Å². The largest absolute Gasteiger partial charge is 0.480 e. The maximum Gasteiger partial charge on any atom is 0.329 e. The molecule has 0 spiro atoms. The van der Waals surface area contributed by atoms with Crippen molar-refractivity contribution in [2.75, 3.05) is 16.8 Å². The van der Waals surface area contributed by atoms with E-state index in [4.69, 9.17) is 5.26 Å². The van der Waals surface area contributed by atoms with Gasteiger partial charge in [-0.1, -0.05) is 6.07 Å². The number of aliphatic carboxylic acids is 1. The lowest BCUT2D eigenvalue weighted by molar-refractivity contribution is -0.142. The van der Waals surface area contributed by atoms with Gasteiger partial charge in [-0.25, -0.2) is 13.2 Å². The molecule has 1 aliphatic heterocycles. The number of carboxylic acid groups (broad SMARTS) is 1. The molecule has 0 aliphatic carbocycles. The minimum atomic E-state index is -3.15. The van der Waals surface area contributed by atoms with Gasteiger partial charge in [0, 0.05) is 5.69 Å². The van der Waals surface area contributed by atoms with Gasteiger partial charge in [-0.05, 0) is 31.0 Å². The summed E-state index contributed by atoms with van der Waals surface area (Å²) in [5.74, 6) is -1.37. The number of carboxylic acids is 1. The van der Waals surface area contributed by atoms with E-state index >= 15 is 0 Å². The molecule has 0 unspecified atom stereocenters. The van der Waals surface area contributed by atoms with E-state index in [0.29, 0.717) is 11.3 Å². The number of carbonyl (C=O) groups is 1. The summed E-state index contributed by atoms with van der Waals surface area (Å²) in [5.41, 5.74) is -0.371. The number of sulfone groups is 1. The Morgan fingerprint density at radius 3 is 2.55 bits per heavy atom. The zero-order valence-corrected chi connectivity index (χ0v) is 11.5. The Morgan fingerprint density at radius 2 is 2.00 bits per heavy atom. The van der Waals surface area contributed by atoms with E-state index in [9.17, 15) is 18.3 Å². The third-order valence-electron chi connectivity index (χ3n) is 3.46. The normalized spacial score (nSPS) is 19.8. The van der Waals surface area contributed by atoms with Crippen LogP contribution < -0.4 is 5.32 Å². The second-order valence-electron chi connectivity index (χ2n) is 4.86. The first-order valence-corrected chi connectivity index (χ1v) is 7.91. The zero-order valence-electron chi connectivity index (χ0n) is 10.7. The van der Waals surface area contributed by atoms with Crippen LogP contribution in [0.5, 0.6) is 0 Å². The fourth-order valence-corrected chi connectivity index (χ4v) is 3.74. The van der Waals surface area contributed by atoms with Gasteiger partial charge in [0.25, 0.3) is 0 Å². The number of anilines is 1. The number of benzene rings is 1. The first-order valence-electron chi connectivity index (χ1n) is 6.09. The Balaban J connectivity index is 2.27. The molecule has 0 bridgehead atoms. The van der Waals surface area contributed by atoms with Crippen LogP contribution in [0.1, 0.15) is 18.4 Å². The molecule has 1 heterocycles. The first kappa shape index (κ1) is 14.3. The van der Waals surface area contributed by atoms with Crippen molar-refractivity contribution in [3.8, 4) is 6.07 Å². The molecule has 106 valence electrons. The van der Waals surface area contributed by atoms with Gasteiger partial charge in [0.1, 0.15) is 5.54 Å². The molecule has 1 fully saturated rings. The van der Waals surface area contributed by atoms with E-state index in [0.717, 1.165) is 0 Å². The minimum Gasteiger partial charge on any atom is -0.480 e. The van der Waals surface area contributed by atoms with Gasteiger partial charge in [0.2, 0.25) is 0 Å². The number of nitrogens with zero attached hydrogens (tertiary/aromatic N) is 1. The first-order chi connectivity index (χ1) is 9.37. The number of nitriles is 1. The molecule has 0 radical (unpaired) electrons. The Morgan fingerprint density at radius 1 is 1.35 bits per heavy atom. The van der Waals surface area contributed by atoms with Crippen molar-refractivity contribution in [1.29, 1.82) is 5.26 Å². The molecule has 0 aromatic heterocycles. The summed E-state index contributed by atoms with van der Waals surface area (Å²) < 4.78 is 22.9. The van der Waals surface area contributed by atoms with Crippen LogP contribution in [0, 0.1) is 11.3 Å². The quantitative estimate of drug-likeness (QED) is 0.861. The molecule has 20 heavy (non-hydrogen) atoms. The molecule has 2 N–H and O–H groups in total. The van der Waals surface area contributed by atoms with E-state index in [1.807, 2.05) is 6.07 Å². The van der Waals surface area contributed by atoms with Gasteiger partial charge in [0.05, 0.1) is 23.1 Å². The molecule has 0 amide bonds. The second-order valence-corrected chi connectivity index (χ2v) is 7.16. The second kappa shape index (κ2) is 5.13. The summed E-state index contributed by atoms with van der Waals surface area (Å²) in [5, 5.41) is 21.2. The van der Waals surface area contributed by atoms with Crippen molar-refractivity contribution in [3.63, 3.8) is 0 Å². The number of rotatable bonds is 3. The summed E-state index contributed by atoms with van der Waals surface area (Å²) in [6.07, 6.45) is 0.0307. The van der Waals surface area contributed by atoms with Crippen LogP contribution in [0.2, 0.25) is 0 Å². The number of hydrogen-bond donors (Lipinski definition) is 2. The van der Waals surface area contributed by atoms with Gasteiger partial charge in [-0.3, -0.25) is 0 Å². The minimum absolute atomic E-state index is 0.0153. The molecule has 1 aliphatic rings. The van der Waals surface area contributed by atoms with Gasteiger partial charge in [-0.15, -0.1) is 0 Å². The van der Waals surface area contributed by atoms with E-state index in [2.05, 4.69) is 5.32 Å². The SMILES string of the molecule is N#Cc1cccc(NC2(C(=O)O)CCS(=O)(=O)CC2)c1. The molecule has 7 heteroatoms. The van der Waals surface area contributed by atoms with Crippen molar-refractivity contribution >= 4 is 21.5 Å². The fraction of sp³-hybridized carbons (Fsp3) is 0.385. The fourth-order valence-electron chi connectivity index (χ4n) is 2.22. The average molecular weight is 294 g/mol. The van der Waals surface area contributed by atoms with Crippen LogP contribution in [-0.4, -0.2) is 36.5 Å². The van der Waals surface area contributed by atoms with Gasteiger partial charge >= 0.3 is 5.97 Å². The van der Waals surface area contributed by atoms with E-state index in [-0.39, 0.29) is 24.3 Å². The Hall–Kier alpha value is -2.07. The van der Waals surface area contributed by atoms with E-state index in [1.165, 1.54) is 0 Å². The number of nitrogens with one attached hydrogen (secondary N) is 1. The summed E-state index contributed by atoms with van der Waals surface area (Å²) in [7, 11) is -3.15. The van der Waals surface area contributed by atoms with Crippen LogP contribution in [0.4, 0.5) is 5.69 Å². The van der Waals surface area contributed by atoms with Crippen molar-refractivity contribution in [2.24, 2.45) is 0 Å². The molecule has 6 nitrogen and oxygen atoms in total. The topological polar surface area (TPSA) is 107 Å². The van der Waals surface area contributed by atoms with Crippen molar-refractivity contribution in [1.82, 2.24) is 0 Å². The van der Waals surface area contributed by atoms with Crippen LogP contribution in [0.15, 0.2) is 24.3 Å². The monoisotopic (exact) mass is 294 g/mol. The maximum atomic E-state index is 11.5. The highest BCUT2D eigenvalue weighted by Gasteiger charge is 2.43. The van der Waals surface area contributed by atoms with Crippen LogP contribution in [0.3, 0.4) is 0 Å². The van der Waals surface area contributed by atoms with Gasteiger partial charge in [-0.2, -0.15) is 5.26 Å². The van der Waals surface area contributed by atoms with Crippen LogP contribution in [0.25, 0.3) is 0 Å². The maximum absolute atomic E-state index is 11.5. The molecular formula is C13H14N2O4S. The summed E-state index contributed by atoms with van der Waals surface area (Å²) in [6.45, 7) is 0. The third kappa shape index (κ3) is 2.91. The Kier molecular flexibility index (Phi) is 3.68. The third-order valence-corrected chi connectivity index (χ3v) is 5.12. The van der Waals surface area contributed by atoms with E-state index < -0.39 is 21.3 Å². The molecule has 0 atom stereocenters. The smallest absolute Gasteiger partial charge is 0.329 e. The molecule has 1 saturated heterocycles. The van der Waals surface area contributed by atoms with E-state index in [1.54, 1.807) is 24.3 Å². The summed E-state index contributed by atoms with van der Waals surface area (Å²) in [4.78, 5) is 11.5. The molecule has 1 aromatic carbocycles. The van der Waals surface area contributed by atoms with Gasteiger partial charge in [0.15, 0.2) is 9.84 Å². The van der Waals surface area contributed by atoms with Crippen molar-refractivity contribution in [2.45, 2.75) is 18.4 Å². The average Bonchev–Trinajstić information content (AvgIpc) is 2.41. The predicted molar refractivity (Wildman–Crippen MR) is 73.0 cm³/mol. The lowest BCUT2D eigenvalue weighted by Crippen LogP contribution is -2.51. The lowest BCUT2D eigenvalue weighted by atomic mass is 9.92. The Bertz CT molecular complexity index is 662. The number of hydrogen-bond acceptors (Lipinski definition) is 5. The highest BCUT2D eigenvalue weighted by molar-refractivity contribution is 7.91. The zero-order chi connectivity index (χ0) is 14.8. The van der Waals surface area contributed by atoms with Crippen LogP contribution >= 0.6 is 0 Å². The van der Waals surface area contributed by atoms with Gasteiger partial charge < -0.3 is 10.4 Å². The molecular weight excluding hydrogens is 280 g/mol.